The summed E-state index contributed by atoms with van der Waals surface area (Å²) in [5.41, 5.74) is 4.01. The highest BCUT2D eigenvalue weighted by Gasteiger charge is 2.21. The summed E-state index contributed by atoms with van der Waals surface area (Å²) in [4.78, 5) is 11.5. The summed E-state index contributed by atoms with van der Waals surface area (Å²) in [5.74, 6) is -0.320. The molecule has 3 heteroatoms. The first-order valence-corrected chi connectivity index (χ1v) is 6.58. The molecular weight excluding hydrogens is 226 g/mol. The molecule has 0 saturated heterocycles. The zero-order valence-electron chi connectivity index (χ0n) is 11.3. The van der Waals surface area contributed by atoms with Crippen LogP contribution in [-0.2, 0) is 22.4 Å². The van der Waals surface area contributed by atoms with Crippen LogP contribution in [0, 0.1) is 5.92 Å². The highest BCUT2D eigenvalue weighted by molar-refractivity contribution is 5.73. The van der Waals surface area contributed by atoms with Crippen molar-refractivity contribution in [2.24, 2.45) is 5.92 Å². The molecule has 0 bridgehead atoms. The van der Waals surface area contributed by atoms with Crippen LogP contribution in [0.4, 0.5) is 5.69 Å². The van der Waals surface area contributed by atoms with E-state index in [9.17, 15) is 4.79 Å². The molecule has 0 aliphatic heterocycles. The van der Waals surface area contributed by atoms with E-state index >= 15 is 0 Å². The third-order valence-electron chi connectivity index (χ3n) is 3.82. The highest BCUT2D eigenvalue weighted by Crippen LogP contribution is 2.25. The summed E-state index contributed by atoms with van der Waals surface area (Å²) in [5, 5.41) is 3.39. The molecule has 2 unspecified atom stereocenters. The minimum Gasteiger partial charge on any atom is -0.469 e. The van der Waals surface area contributed by atoms with Gasteiger partial charge in [-0.15, -0.1) is 0 Å². The topological polar surface area (TPSA) is 38.3 Å². The number of hydrogen-bond acceptors (Lipinski definition) is 3. The normalized spacial score (nSPS) is 16.8. The van der Waals surface area contributed by atoms with Crippen LogP contribution in [-0.4, -0.2) is 19.1 Å². The fraction of sp³-hybridized carbons (Fsp3) is 0.533. The average molecular weight is 247 g/mol. The maximum atomic E-state index is 11.5. The quantitative estimate of drug-likeness (QED) is 0.831. The molecule has 0 heterocycles. The lowest BCUT2D eigenvalue weighted by Gasteiger charge is -2.20. The number of nitrogens with one attached hydrogen (secondary N) is 1. The summed E-state index contributed by atoms with van der Waals surface area (Å²) in [7, 11) is 1.43. The van der Waals surface area contributed by atoms with Gasteiger partial charge in [-0.25, -0.2) is 0 Å². The molecule has 2 rings (SSSR count). The van der Waals surface area contributed by atoms with Gasteiger partial charge in [-0.1, -0.05) is 6.07 Å². The predicted octanol–water partition coefficient (Wildman–Crippen LogP) is 2.78. The molecule has 2 atom stereocenters. The predicted molar refractivity (Wildman–Crippen MR) is 72.7 cm³/mol. The molecule has 3 nitrogen and oxygen atoms in total. The van der Waals surface area contributed by atoms with Gasteiger partial charge >= 0.3 is 5.97 Å². The lowest BCUT2D eigenvalue weighted by molar-refractivity contribution is -0.145. The van der Waals surface area contributed by atoms with Gasteiger partial charge in [0.1, 0.15) is 0 Å². The van der Waals surface area contributed by atoms with Crippen LogP contribution in [0.1, 0.15) is 31.4 Å². The number of hydrogen-bond donors (Lipinski definition) is 1. The van der Waals surface area contributed by atoms with Crippen molar-refractivity contribution in [2.75, 3.05) is 12.4 Å². The van der Waals surface area contributed by atoms with E-state index in [4.69, 9.17) is 4.74 Å². The Morgan fingerprint density at radius 1 is 1.28 bits per heavy atom. The second kappa shape index (κ2) is 5.42. The zero-order chi connectivity index (χ0) is 13.1. The van der Waals surface area contributed by atoms with E-state index < -0.39 is 0 Å². The molecule has 18 heavy (non-hydrogen) atoms. The van der Waals surface area contributed by atoms with Crippen molar-refractivity contribution in [2.45, 2.75) is 39.2 Å². The number of benzene rings is 1. The first kappa shape index (κ1) is 12.9. The van der Waals surface area contributed by atoms with Crippen molar-refractivity contribution in [1.29, 1.82) is 0 Å². The van der Waals surface area contributed by atoms with Crippen LogP contribution in [0.2, 0.25) is 0 Å². The monoisotopic (exact) mass is 247 g/mol. The third-order valence-corrected chi connectivity index (χ3v) is 3.82. The summed E-state index contributed by atoms with van der Waals surface area (Å²) in [6.07, 6.45) is 3.63. The fourth-order valence-electron chi connectivity index (χ4n) is 2.44. The second-order valence-electron chi connectivity index (χ2n) is 5.08. The Morgan fingerprint density at radius 2 is 2.00 bits per heavy atom. The van der Waals surface area contributed by atoms with E-state index in [1.807, 2.05) is 13.8 Å². The number of carbonyl (C=O) groups is 1. The Balaban J connectivity index is 2.03. The Hall–Kier alpha value is -1.51. The number of carbonyl (C=O) groups excluding carboxylic acids is 1. The zero-order valence-corrected chi connectivity index (χ0v) is 11.3. The molecule has 1 aromatic carbocycles. The molecule has 98 valence electrons. The van der Waals surface area contributed by atoms with Crippen LogP contribution in [0.5, 0.6) is 0 Å². The SMILES string of the molecule is COC(=O)C(C)C(C)Nc1ccc2c(c1)CCC2. The summed E-state index contributed by atoms with van der Waals surface area (Å²) in [6.45, 7) is 3.89. The van der Waals surface area contributed by atoms with Crippen LogP contribution in [0.25, 0.3) is 0 Å². The lowest BCUT2D eigenvalue weighted by Crippen LogP contribution is -2.30. The van der Waals surface area contributed by atoms with E-state index in [0.29, 0.717) is 0 Å². The lowest BCUT2D eigenvalue weighted by atomic mass is 10.0. The third kappa shape index (κ3) is 2.66. The Morgan fingerprint density at radius 3 is 2.72 bits per heavy atom. The van der Waals surface area contributed by atoms with Crippen molar-refractivity contribution in [3.63, 3.8) is 0 Å². The summed E-state index contributed by atoms with van der Waals surface area (Å²) in [6, 6.07) is 6.57. The number of rotatable bonds is 4. The van der Waals surface area contributed by atoms with Gasteiger partial charge in [-0.2, -0.15) is 0 Å². The fourth-order valence-corrected chi connectivity index (χ4v) is 2.44. The first-order chi connectivity index (χ1) is 8.61. The average Bonchev–Trinajstić information content (AvgIpc) is 2.84. The Labute approximate surface area is 109 Å². The minimum absolute atomic E-state index is 0.0666. The van der Waals surface area contributed by atoms with E-state index in [2.05, 4.69) is 23.5 Å². The van der Waals surface area contributed by atoms with Crippen LogP contribution in [0.3, 0.4) is 0 Å². The molecule has 0 amide bonds. The number of anilines is 1. The van der Waals surface area contributed by atoms with Crippen molar-refractivity contribution < 1.29 is 9.53 Å². The molecule has 0 aromatic heterocycles. The summed E-state index contributed by atoms with van der Waals surface area (Å²) >= 11 is 0. The van der Waals surface area contributed by atoms with Crippen molar-refractivity contribution in [3.8, 4) is 0 Å². The van der Waals surface area contributed by atoms with Crippen molar-refractivity contribution in [1.82, 2.24) is 0 Å². The molecule has 1 N–H and O–H groups in total. The minimum atomic E-state index is -0.170. The van der Waals surface area contributed by atoms with Gasteiger partial charge in [0.15, 0.2) is 0 Å². The summed E-state index contributed by atoms with van der Waals surface area (Å²) < 4.78 is 4.77. The largest absolute Gasteiger partial charge is 0.469 e. The molecule has 1 aliphatic rings. The first-order valence-electron chi connectivity index (χ1n) is 6.58. The molecule has 0 spiro atoms. The van der Waals surface area contributed by atoms with Crippen LogP contribution >= 0.6 is 0 Å². The maximum Gasteiger partial charge on any atom is 0.310 e. The highest BCUT2D eigenvalue weighted by atomic mass is 16.5. The van der Waals surface area contributed by atoms with Gasteiger partial charge in [0.25, 0.3) is 0 Å². The van der Waals surface area contributed by atoms with E-state index in [0.717, 1.165) is 5.69 Å². The van der Waals surface area contributed by atoms with E-state index in [1.54, 1.807) is 0 Å². The second-order valence-corrected chi connectivity index (χ2v) is 5.08. The van der Waals surface area contributed by atoms with Gasteiger partial charge < -0.3 is 10.1 Å². The van der Waals surface area contributed by atoms with Gasteiger partial charge in [-0.05, 0) is 56.4 Å². The number of fused-ring (bicyclic) bond motifs is 1. The van der Waals surface area contributed by atoms with Crippen LogP contribution in [0.15, 0.2) is 18.2 Å². The van der Waals surface area contributed by atoms with Gasteiger partial charge in [-0.3, -0.25) is 4.79 Å². The van der Waals surface area contributed by atoms with E-state index in [1.165, 1.54) is 37.5 Å². The van der Waals surface area contributed by atoms with Crippen molar-refractivity contribution >= 4 is 11.7 Å². The van der Waals surface area contributed by atoms with Crippen molar-refractivity contribution in [3.05, 3.63) is 29.3 Å². The molecule has 0 saturated carbocycles. The van der Waals surface area contributed by atoms with Gasteiger partial charge in [0.2, 0.25) is 0 Å². The van der Waals surface area contributed by atoms with Gasteiger partial charge in [0, 0.05) is 11.7 Å². The molecule has 1 aliphatic carbocycles. The molecular formula is C15H21NO2. The number of methoxy groups -OCH3 is 1. The van der Waals surface area contributed by atoms with Crippen LogP contribution < -0.4 is 5.32 Å². The standard InChI is InChI=1S/C15H21NO2/c1-10(15(17)18-3)11(2)16-14-8-7-12-5-4-6-13(12)9-14/h7-11,16H,4-6H2,1-3H3. The van der Waals surface area contributed by atoms with Gasteiger partial charge in [0.05, 0.1) is 13.0 Å². The number of esters is 1. The Bertz CT molecular complexity index is 442. The smallest absolute Gasteiger partial charge is 0.310 e. The molecule has 1 aromatic rings. The number of ether oxygens (including phenoxy) is 1. The Kier molecular flexibility index (Phi) is 3.90. The molecule has 0 radical (unpaired) electrons. The maximum absolute atomic E-state index is 11.5. The number of aryl methyl sites for hydroxylation is 2. The van der Waals surface area contributed by atoms with E-state index in [-0.39, 0.29) is 17.9 Å². The molecule has 0 fully saturated rings.